The molecule has 100 valence electrons. The van der Waals surface area contributed by atoms with Crippen LogP contribution in [0.1, 0.15) is 46.0 Å². The molecule has 1 aliphatic carbocycles. The van der Waals surface area contributed by atoms with Gasteiger partial charge < -0.3 is 5.11 Å². The van der Waals surface area contributed by atoms with E-state index < -0.39 is 11.5 Å². The number of carbonyl (C=O) groups is 3. The van der Waals surface area contributed by atoms with Gasteiger partial charge in [-0.2, -0.15) is 0 Å². The topological polar surface area (TPSA) is 74.7 Å². The van der Waals surface area contributed by atoms with E-state index in [1.165, 1.54) is 6.92 Å². The highest BCUT2D eigenvalue weighted by Crippen LogP contribution is 2.41. The molecule has 3 unspecified atom stereocenters. The fourth-order valence-electron chi connectivity index (χ4n) is 3.19. The molecule has 0 aromatic carbocycles. The molecule has 2 fully saturated rings. The molecule has 0 spiro atoms. The summed E-state index contributed by atoms with van der Waals surface area (Å²) < 4.78 is 0. The van der Waals surface area contributed by atoms with Gasteiger partial charge >= 0.3 is 5.97 Å². The summed E-state index contributed by atoms with van der Waals surface area (Å²) in [7, 11) is 0. The van der Waals surface area contributed by atoms with E-state index in [4.69, 9.17) is 0 Å². The van der Waals surface area contributed by atoms with E-state index in [-0.39, 0.29) is 23.7 Å². The minimum atomic E-state index is -1.38. The summed E-state index contributed by atoms with van der Waals surface area (Å²) in [5.74, 6) is -1.96. The normalized spacial score (nSPS) is 30.4. The molecule has 5 heteroatoms. The van der Waals surface area contributed by atoms with Crippen molar-refractivity contribution in [3.8, 4) is 0 Å². The molecule has 1 N–H and O–H groups in total. The molecule has 2 aliphatic rings. The molecular formula is C13H19NO4. The van der Waals surface area contributed by atoms with Crippen LogP contribution in [0.25, 0.3) is 0 Å². The lowest BCUT2D eigenvalue weighted by atomic mass is 9.87. The van der Waals surface area contributed by atoms with Crippen LogP contribution in [0.2, 0.25) is 0 Å². The third-order valence-corrected chi connectivity index (χ3v) is 4.26. The van der Waals surface area contributed by atoms with E-state index >= 15 is 0 Å². The van der Waals surface area contributed by atoms with Gasteiger partial charge in [0.2, 0.25) is 11.8 Å². The molecule has 2 bridgehead atoms. The van der Waals surface area contributed by atoms with Crippen LogP contribution in [0.15, 0.2) is 0 Å². The Labute approximate surface area is 106 Å². The fourth-order valence-corrected chi connectivity index (χ4v) is 3.19. The smallest absolute Gasteiger partial charge is 0.329 e. The summed E-state index contributed by atoms with van der Waals surface area (Å²) in [6, 6.07) is 0. The Hall–Kier alpha value is -1.39. The first kappa shape index (κ1) is 13.1. The van der Waals surface area contributed by atoms with Gasteiger partial charge in [0, 0.05) is 11.8 Å². The van der Waals surface area contributed by atoms with Crippen LogP contribution in [0.5, 0.6) is 0 Å². The average Bonchev–Trinajstić information content (AvgIpc) is 2.73. The standard InChI is InChI=1S/C13H19NO4/c1-3-6-13(2,12(17)18)14-10(15)8-4-5-9(7-8)11(14)16/h8-9H,3-7H2,1-2H3,(H,17,18). The van der Waals surface area contributed by atoms with Gasteiger partial charge in [-0.1, -0.05) is 13.3 Å². The van der Waals surface area contributed by atoms with Crippen molar-refractivity contribution in [3.05, 3.63) is 0 Å². The number of fused-ring (bicyclic) bond motifs is 2. The maximum atomic E-state index is 12.3. The van der Waals surface area contributed by atoms with Crippen LogP contribution in [0.4, 0.5) is 0 Å². The Morgan fingerprint density at radius 3 is 2.22 bits per heavy atom. The second-order valence-electron chi connectivity index (χ2n) is 5.55. The van der Waals surface area contributed by atoms with Crippen molar-refractivity contribution >= 4 is 17.8 Å². The summed E-state index contributed by atoms with van der Waals surface area (Å²) in [5.41, 5.74) is -1.38. The third-order valence-electron chi connectivity index (χ3n) is 4.26. The number of imide groups is 1. The fraction of sp³-hybridized carbons (Fsp3) is 0.769. The molecule has 1 aliphatic heterocycles. The van der Waals surface area contributed by atoms with Crippen molar-refractivity contribution in [3.63, 3.8) is 0 Å². The van der Waals surface area contributed by atoms with E-state index in [1.807, 2.05) is 6.92 Å². The van der Waals surface area contributed by atoms with Crippen LogP contribution >= 0.6 is 0 Å². The number of carbonyl (C=O) groups excluding carboxylic acids is 2. The number of nitrogens with zero attached hydrogens (tertiary/aromatic N) is 1. The first-order valence-electron chi connectivity index (χ1n) is 6.53. The molecule has 5 nitrogen and oxygen atoms in total. The summed E-state index contributed by atoms with van der Waals surface area (Å²) >= 11 is 0. The van der Waals surface area contributed by atoms with Crippen molar-refractivity contribution in [2.24, 2.45) is 11.8 Å². The maximum absolute atomic E-state index is 12.3. The van der Waals surface area contributed by atoms with E-state index in [2.05, 4.69) is 0 Å². The Kier molecular flexibility index (Phi) is 3.17. The van der Waals surface area contributed by atoms with Crippen LogP contribution in [0.3, 0.4) is 0 Å². The second-order valence-corrected chi connectivity index (χ2v) is 5.55. The van der Waals surface area contributed by atoms with Crippen LogP contribution in [-0.2, 0) is 14.4 Å². The highest BCUT2D eigenvalue weighted by atomic mass is 16.4. The van der Waals surface area contributed by atoms with E-state index in [1.54, 1.807) is 0 Å². The van der Waals surface area contributed by atoms with Gasteiger partial charge in [0.25, 0.3) is 0 Å². The van der Waals surface area contributed by atoms with Gasteiger partial charge in [-0.3, -0.25) is 14.5 Å². The molecule has 1 saturated heterocycles. The summed E-state index contributed by atoms with van der Waals surface area (Å²) in [5, 5.41) is 9.40. The van der Waals surface area contributed by atoms with Crippen molar-refractivity contribution in [2.75, 3.05) is 0 Å². The first-order chi connectivity index (χ1) is 8.41. The number of aliphatic carboxylic acids is 1. The predicted octanol–water partition coefficient (Wildman–Crippen LogP) is 1.41. The zero-order chi connectivity index (χ0) is 13.5. The molecule has 2 rings (SSSR count). The van der Waals surface area contributed by atoms with Gasteiger partial charge in [0.05, 0.1) is 0 Å². The molecule has 1 saturated carbocycles. The highest BCUT2D eigenvalue weighted by molar-refractivity contribution is 6.05. The first-order valence-corrected chi connectivity index (χ1v) is 6.53. The Morgan fingerprint density at radius 1 is 1.33 bits per heavy atom. The molecule has 0 aromatic rings. The third kappa shape index (κ3) is 1.72. The Balaban J connectivity index is 2.37. The number of amides is 2. The number of likely N-dealkylation sites (tertiary alicyclic amines) is 1. The van der Waals surface area contributed by atoms with Crippen molar-refractivity contribution in [2.45, 2.75) is 51.5 Å². The number of rotatable bonds is 4. The molecule has 18 heavy (non-hydrogen) atoms. The van der Waals surface area contributed by atoms with Gasteiger partial charge in [0.1, 0.15) is 5.54 Å². The lowest BCUT2D eigenvalue weighted by Crippen LogP contribution is -2.61. The minimum absolute atomic E-state index is 0.150. The quantitative estimate of drug-likeness (QED) is 0.769. The number of carboxylic acid groups (broad SMARTS) is 1. The molecular weight excluding hydrogens is 234 g/mol. The Bertz CT molecular complexity index is 384. The Morgan fingerprint density at radius 2 is 1.83 bits per heavy atom. The highest BCUT2D eigenvalue weighted by Gasteiger charge is 2.54. The van der Waals surface area contributed by atoms with Crippen LogP contribution in [-0.4, -0.2) is 33.3 Å². The van der Waals surface area contributed by atoms with E-state index in [0.717, 1.165) is 4.90 Å². The van der Waals surface area contributed by atoms with Gasteiger partial charge in [-0.05, 0) is 32.6 Å². The molecule has 3 atom stereocenters. The summed E-state index contributed by atoms with van der Waals surface area (Å²) in [4.78, 5) is 37.1. The monoisotopic (exact) mass is 253 g/mol. The SMILES string of the molecule is CCCC(C)(C(=O)O)N1C(=O)C2CCC(C2)C1=O. The van der Waals surface area contributed by atoms with Crippen molar-refractivity contribution in [1.29, 1.82) is 0 Å². The van der Waals surface area contributed by atoms with E-state index in [0.29, 0.717) is 32.1 Å². The van der Waals surface area contributed by atoms with Crippen molar-refractivity contribution < 1.29 is 19.5 Å². The zero-order valence-electron chi connectivity index (χ0n) is 10.8. The van der Waals surface area contributed by atoms with E-state index in [9.17, 15) is 19.5 Å². The largest absolute Gasteiger partial charge is 0.479 e. The lowest BCUT2D eigenvalue weighted by molar-refractivity contribution is -0.171. The molecule has 0 radical (unpaired) electrons. The van der Waals surface area contributed by atoms with Gasteiger partial charge in [-0.25, -0.2) is 4.79 Å². The average molecular weight is 253 g/mol. The minimum Gasteiger partial charge on any atom is -0.479 e. The number of hydrogen-bond acceptors (Lipinski definition) is 3. The molecule has 2 amide bonds. The zero-order valence-corrected chi connectivity index (χ0v) is 10.8. The number of piperidine rings is 1. The van der Waals surface area contributed by atoms with Gasteiger partial charge in [-0.15, -0.1) is 0 Å². The summed E-state index contributed by atoms with van der Waals surface area (Å²) in [6.45, 7) is 3.34. The predicted molar refractivity (Wildman–Crippen MR) is 63.6 cm³/mol. The lowest BCUT2D eigenvalue weighted by Gasteiger charge is -2.40. The number of hydrogen-bond donors (Lipinski definition) is 1. The number of carboxylic acids is 1. The second kappa shape index (κ2) is 4.37. The molecule has 1 heterocycles. The van der Waals surface area contributed by atoms with Gasteiger partial charge in [0.15, 0.2) is 0 Å². The molecule has 0 aromatic heterocycles. The summed E-state index contributed by atoms with van der Waals surface area (Å²) in [6.07, 6.45) is 2.96. The maximum Gasteiger partial charge on any atom is 0.329 e. The van der Waals surface area contributed by atoms with Crippen LogP contribution in [0, 0.1) is 11.8 Å². The van der Waals surface area contributed by atoms with Crippen LogP contribution < -0.4 is 0 Å². The van der Waals surface area contributed by atoms with Crippen molar-refractivity contribution in [1.82, 2.24) is 4.90 Å².